The molecule has 0 N–H and O–H groups in total. The SMILES string of the molecule is C=CCCCCCCCCC[N+](C)(C)CCCCCCCCCCCCCC.[Br-]. The van der Waals surface area contributed by atoms with Crippen molar-refractivity contribution in [2.45, 2.75) is 135 Å². The van der Waals surface area contributed by atoms with E-state index in [0.717, 1.165) is 0 Å². The van der Waals surface area contributed by atoms with Gasteiger partial charge in [-0.25, -0.2) is 0 Å². The van der Waals surface area contributed by atoms with Crippen molar-refractivity contribution in [2.75, 3.05) is 27.2 Å². The van der Waals surface area contributed by atoms with Crippen LogP contribution >= 0.6 is 0 Å². The highest BCUT2D eigenvalue weighted by Crippen LogP contribution is 2.14. The van der Waals surface area contributed by atoms with Gasteiger partial charge in [-0.05, 0) is 38.5 Å². The van der Waals surface area contributed by atoms with Gasteiger partial charge in [0.1, 0.15) is 0 Å². The van der Waals surface area contributed by atoms with Crippen molar-refractivity contribution in [3.8, 4) is 0 Å². The molecule has 0 rings (SSSR count). The van der Waals surface area contributed by atoms with Crippen LogP contribution in [0.5, 0.6) is 0 Å². The summed E-state index contributed by atoms with van der Waals surface area (Å²) >= 11 is 0. The Morgan fingerprint density at radius 3 is 1.17 bits per heavy atom. The predicted molar refractivity (Wildman–Crippen MR) is 130 cm³/mol. The van der Waals surface area contributed by atoms with E-state index < -0.39 is 0 Å². The van der Waals surface area contributed by atoms with E-state index in [0.29, 0.717) is 0 Å². The number of rotatable bonds is 23. The lowest BCUT2D eigenvalue weighted by atomic mass is 10.0. The lowest BCUT2D eigenvalue weighted by Crippen LogP contribution is -3.00. The molecule has 0 radical (unpaired) electrons. The third-order valence-corrected chi connectivity index (χ3v) is 6.29. The molecule has 0 unspecified atom stereocenters. The van der Waals surface area contributed by atoms with Crippen LogP contribution < -0.4 is 17.0 Å². The Labute approximate surface area is 196 Å². The average Bonchev–Trinajstić information content (AvgIpc) is 2.67. The summed E-state index contributed by atoms with van der Waals surface area (Å²) in [4.78, 5) is 0. The van der Waals surface area contributed by atoms with Crippen LogP contribution in [0.4, 0.5) is 0 Å². The molecule has 0 aliphatic carbocycles. The topological polar surface area (TPSA) is 0 Å². The van der Waals surface area contributed by atoms with Gasteiger partial charge in [-0.15, -0.1) is 6.58 Å². The molecule has 0 heterocycles. The van der Waals surface area contributed by atoms with Crippen molar-refractivity contribution in [3.05, 3.63) is 12.7 Å². The van der Waals surface area contributed by atoms with Crippen molar-refractivity contribution >= 4 is 0 Å². The smallest absolute Gasteiger partial charge is 0.0782 e. The van der Waals surface area contributed by atoms with E-state index in [9.17, 15) is 0 Å². The average molecular weight is 475 g/mol. The first-order chi connectivity index (χ1) is 13.6. The molecule has 0 bridgehead atoms. The van der Waals surface area contributed by atoms with Crippen LogP contribution in [-0.4, -0.2) is 31.7 Å². The Balaban J connectivity index is 0. The summed E-state index contributed by atoms with van der Waals surface area (Å²) in [7, 11) is 4.88. The van der Waals surface area contributed by atoms with E-state index >= 15 is 0 Å². The summed E-state index contributed by atoms with van der Waals surface area (Å²) in [5.74, 6) is 0. The van der Waals surface area contributed by atoms with Gasteiger partial charge in [0.2, 0.25) is 0 Å². The van der Waals surface area contributed by atoms with Crippen molar-refractivity contribution in [3.63, 3.8) is 0 Å². The lowest BCUT2D eigenvalue weighted by Gasteiger charge is -2.30. The second kappa shape index (κ2) is 24.4. The van der Waals surface area contributed by atoms with Crippen molar-refractivity contribution in [1.29, 1.82) is 0 Å². The summed E-state index contributed by atoms with van der Waals surface area (Å²) in [6.07, 6.45) is 30.5. The Kier molecular flexibility index (Phi) is 26.4. The molecule has 0 saturated carbocycles. The molecule has 0 saturated heterocycles. The molecule has 0 fully saturated rings. The Hall–Kier alpha value is 0.180. The molecule has 1 nitrogen and oxygen atoms in total. The quantitative estimate of drug-likeness (QED) is 0.0957. The van der Waals surface area contributed by atoms with Crippen LogP contribution in [-0.2, 0) is 0 Å². The summed E-state index contributed by atoms with van der Waals surface area (Å²) in [5, 5.41) is 0. The Morgan fingerprint density at radius 1 is 0.517 bits per heavy atom. The molecule has 29 heavy (non-hydrogen) atoms. The van der Waals surface area contributed by atoms with Gasteiger partial charge in [0.15, 0.2) is 0 Å². The van der Waals surface area contributed by atoms with Gasteiger partial charge in [-0.2, -0.15) is 0 Å². The second-order valence-corrected chi connectivity index (χ2v) is 9.82. The fraction of sp³-hybridized carbons (Fsp3) is 0.926. The van der Waals surface area contributed by atoms with Gasteiger partial charge in [0.25, 0.3) is 0 Å². The molecular formula is C27H56BrN. The summed E-state index contributed by atoms with van der Waals surface area (Å²) < 4.78 is 1.23. The van der Waals surface area contributed by atoms with E-state index in [4.69, 9.17) is 0 Å². The van der Waals surface area contributed by atoms with E-state index in [1.165, 1.54) is 146 Å². The first-order valence-corrected chi connectivity index (χ1v) is 13.1. The van der Waals surface area contributed by atoms with Gasteiger partial charge in [0.05, 0.1) is 27.2 Å². The molecule has 0 aromatic heterocycles. The molecule has 0 aliphatic heterocycles. The van der Waals surface area contributed by atoms with Crippen LogP contribution in [0, 0.1) is 0 Å². The molecule has 2 heteroatoms. The van der Waals surface area contributed by atoms with Gasteiger partial charge >= 0.3 is 0 Å². The van der Waals surface area contributed by atoms with Crippen molar-refractivity contribution in [2.24, 2.45) is 0 Å². The number of nitrogens with zero attached hydrogens (tertiary/aromatic N) is 1. The fourth-order valence-corrected chi connectivity index (χ4v) is 4.21. The van der Waals surface area contributed by atoms with E-state index in [1.54, 1.807) is 0 Å². The Bertz CT molecular complexity index is 314. The predicted octanol–water partition coefficient (Wildman–Crippen LogP) is 6.07. The minimum absolute atomic E-state index is 0. The third kappa shape index (κ3) is 26.1. The monoisotopic (exact) mass is 473 g/mol. The summed E-state index contributed by atoms with van der Waals surface area (Å²) in [6.45, 7) is 8.84. The minimum Gasteiger partial charge on any atom is -1.00 e. The van der Waals surface area contributed by atoms with Gasteiger partial charge < -0.3 is 21.5 Å². The zero-order chi connectivity index (χ0) is 20.8. The number of quaternary nitrogens is 1. The fourth-order valence-electron chi connectivity index (χ4n) is 4.21. The van der Waals surface area contributed by atoms with Crippen molar-refractivity contribution < 1.29 is 21.5 Å². The van der Waals surface area contributed by atoms with E-state index in [1.807, 2.05) is 0 Å². The maximum absolute atomic E-state index is 3.80. The van der Waals surface area contributed by atoms with Crippen LogP contribution in [0.2, 0.25) is 0 Å². The molecular weight excluding hydrogens is 418 g/mol. The van der Waals surface area contributed by atoms with Crippen molar-refractivity contribution in [1.82, 2.24) is 0 Å². The number of hydrogen-bond acceptors (Lipinski definition) is 0. The molecule has 0 aromatic carbocycles. The second-order valence-electron chi connectivity index (χ2n) is 9.82. The lowest BCUT2D eigenvalue weighted by molar-refractivity contribution is -0.890. The summed E-state index contributed by atoms with van der Waals surface area (Å²) in [5.41, 5.74) is 0. The minimum atomic E-state index is 0. The van der Waals surface area contributed by atoms with E-state index in [2.05, 4.69) is 33.7 Å². The van der Waals surface area contributed by atoms with E-state index in [-0.39, 0.29) is 17.0 Å². The molecule has 176 valence electrons. The molecule has 0 aromatic rings. The standard InChI is InChI=1S/C27H56N.BrH/c1-5-7-9-11-13-15-16-17-19-21-23-25-27-28(3,4)26-24-22-20-18-14-12-10-8-6-2;/h6H,2,5,7-27H2,1,3-4H3;1H/q+1;/p-1. The Morgan fingerprint density at radius 2 is 0.828 bits per heavy atom. The maximum atomic E-state index is 3.80. The van der Waals surface area contributed by atoms with Crippen LogP contribution in [0.15, 0.2) is 12.7 Å². The number of unbranched alkanes of at least 4 members (excludes halogenated alkanes) is 18. The van der Waals surface area contributed by atoms with Gasteiger partial charge in [-0.3, -0.25) is 0 Å². The first kappa shape index (κ1) is 31.4. The largest absolute Gasteiger partial charge is 1.00 e. The molecule has 0 amide bonds. The zero-order valence-electron chi connectivity index (χ0n) is 20.7. The van der Waals surface area contributed by atoms with Crippen LogP contribution in [0.1, 0.15) is 135 Å². The highest BCUT2D eigenvalue weighted by Gasteiger charge is 2.13. The van der Waals surface area contributed by atoms with Crippen LogP contribution in [0.3, 0.4) is 0 Å². The molecule has 0 aliphatic rings. The normalized spacial score (nSPS) is 11.4. The first-order valence-electron chi connectivity index (χ1n) is 13.1. The highest BCUT2D eigenvalue weighted by atomic mass is 79.9. The van der Waals surface area contributed by atoms with Gasteiger partial charge in [-0.1, -0.05) is 103 Å². The van der Waals surface area contributed by atoms with Gasteiger partial charge in [0, 0.05) is 0 Å². The highest BCUT2D eigenvalue weighted by molar-refractivity contribution is 4.65. The molecule has 0 spiro atoms. The number of halogens is 1. The number of allylic oxidation sites excluding steroid dienone is 1. The molecule has 0 atom stereocenters. The third-order valence-electron chi connectivity index (χ3n) is 6.29. The maximum Gasteiger partial charge on any atom is 0.0782 e. The number of hydrogen-bond donors (Lipinski definition) is 0. The van der Waals surface area contributed by atoms with Crippen LogP contribution in [0.25, 0.3) is 0 Å². The summed E-state index contributed by atoms with van der Waals surface area (Å²) in [6, 6.07) is 0. The zero-order valence-corrected chi connectivity index (χ0v) is 22.3.